The zero-order valence-corrected chi connectivity index (χ0v) is 13.6. The van der Waals surface area contributed by atoms with Gasteiger partial charge < -0.3 is 9.64 Å². The van der Waals surface area contributed by atoms with E-state index in [2.05, 4.69) is 0 Å². The Bertz CT molecular complexity index is 618. The summed E-state index contributed by atoms with van der Waals surface area (Å²) in [6.07, 6.45) is 2.84. The van der Waals surface area contributed by atoms with Gasteiger partial charge in [0.1, 0.15) is 4.21 Å². The number of methoxy groups -OCH3 is 1. The molecule has 0 spiro atoms. The summed E-state index contributed by atoms with van der Waals surface area (Å²) in [6, 6.07) is 1.16. The van der Waals surface area contributed by atoms with Crippen molar-refractivity contribution >= 4 is 31.9 Å². The standard InChI is InChI=1S/C12H18N2O5S2/c1-19-8-9-3-5-13(6-4-9)12-10(14(15)16)7-11(20-12)21(2,17)18/h7,9H,3-6,8H2,1-2H3. The van der Waals surface area contributed by atoms with Crippen LogP contribution in [0.2, 0.25) is 0 Å². The van der Waals surface area contributed by atoms with Crippen LogP contribution in [0.15, 0.2) is 10.3 Å². The summed E-state index contributed by atoms with van der Waals surface area (Å²) in [7, 11) is -1.77. The highest BCUT2D eigenvalue weighted by molar-refractivity contribution is 7.92. The van der Waals surface area contributed by atoms with Gasteiger partial charge in [0.25, 0.3) is 0 Å². The Balaban J connectivity index is 2.24. The Morgan fingerprint density at radius 2 is 2.10 bits per heavy atom. The first-order valence-corrected chi connectivity index (χ1v) is 9.26. The average molecular weight is 334 g/mol. The van der Waals surface area contributed by atoms with Crippen LogP contribution in [-0.4, -0.2) is 46.4 Å². The second kappa shape index (κ2) is 6.29. The van der Waals surface area contributed by atoms with Gasteiger partial charge in [-0.1, -0.05) is 11.3 Å². The lowest BCUT2D eigenvalue weighted by atomic mass is 9.98. The molecule has 7 nitrogen and oxygen atoms in total. The molecule has 2 rings (SSSR count). The Labute approximate surface area is 127 Å². The third-order valence-corrected chi connectivity index (χ3v) is 6.52. The van der Waals surface area contributed by atoms with E-state index in [4.69, 9.17) is 4.74 Å². The molecule has 1 aromatic rings. The number of sulfone groups is 1. The average Bonchev–Trinajstić information content (AvgIpc) is 2.85. The highest BCUT2D eigenvalue weighted by Crippen LogP contribution is 2.41. The van der Waals surface area contributed by atoms with E-state index in [9.17, 15) is 18.5 Å². The normalized spacial score (nSPS) is 17.1. The maximum absolute atomic E-state index is 11.6. The largest absolute Gasteiger partial charge is 0.384 e. The van der Waals surface area contributed by atoms with Gasteiger partial charge in [-0.15, -0.1) is 0 Å². The van der Waals surface area contributed by atoms with E-state index in [-0.39, 0.29) is 9.90 Å². The van der Waals surface area contributed by atoms with Crippen molar-refractivity contribution in [3.8, 4) is 0 Å². The summed E-state index contributed by atoms with van der Waals surface area (Å²) in [6.45, 7) is 2.05. The third kappa shape index (κ3) is 3.72. The minimum Gasteiger partial charge on any atom is -0.384 e. The zero-order valence-electron chi connectivity index (χ0n) is 11.9. The van der Waals surface area contributed by atoms with Gasteiger partial charge in [-0.2, -0.15) is 0 Å². The fraction of sp³-hybridized carbons (Fsp3) is 0.667. The van der Waals surface area contributed by atoms with Crippen molar-refractivity contribution in [2.75, 3.05) is 38.0 Å². The second-order valence-corrected chi connectivity index (χ2v) is 8.44. The first-order valence-electron chi connectivity index (χ1n) is 6.55. The number of nitro groups is 1. The maximum atomic E-state index is 11.6. The Morgan fingerprint density at radius 1 is 1.48 bits per heavy atom. The van der Waals surface area contributed by atoms with E-state index in [1.54, 1.807) is 7.11 Å². The maximum Gasteiger partial charge on any atom is 0.305 e. The second-order valence-electron chi connectivity index (χ2n) is 5.17. The minimum absolute atomic E-state index is 0.0446. The molecule has 1 saturated heterocycles. The molecular weight excluding hydrogens is 316 g/mol. The van der Waals surface area contributed by atoms with Crippen LogP contribution in [-0.2, 0) is 14.6 Å². The van der Waals surface area contributed by atoms with Crippen LogP contribution < -0.4 is 4.90 Å². The fourth-order valence-electron chi connectivity index (χ4n) is 2.43. The van der Waals surface area contributed by atoms with Gasteiger partial charge in [0.05, 0.1) is 4.92 Å². The summed E-state index contributed by atoms with van der Waals surface area (Å²) in [5.41, 5.74) is -0.120. The van der Waals surface area contributed by atoms with Crippen molar-refractivity contribution in [2.45, 2.75) is 17.1 Å². The number of piperidine rings is 1. The number of rotatable bonds is 5. The van der Waals surface area contributed by atoms with Gasteiger partial charge in [0.2, 0.25) is 0 Å². The number of thiophene rings is 1. The lowest BCUT2D eigenvalue weighted by Gasteiger charge is -2.31. The van der Waals surface area contributed by atoms with Crippen LogP contribution in [0.5, 0.6) is 0 Å². The number of hydrogen-bond acceptors (Lipinski definition) is 7. The van der Waals surface area contributed by atoms with Gasteiger partial charge in [-0.3, -0.25) is 10.1 Å². The van der Waals surface area contributed by atoms with Crippen molar-refractivity contribution in [3.05, 3.63) is 16.2 Å². The lowest BCUT2D eigenvalue weighted by Crippen LogP contribution is -2.34. The van der Waals surface area contributed by atoms with Gasteiger partial charge in [-0.05, 0) is 18.8 Å². The van der Waals surface area contributed by atoms with Crippen molar-refractivity contribution in [3.63, 3.8) is 0 Å². The van der Waals surface area contributed by atoms with Crippen LogP contribution in [0, 0.1) is 16.0 Å². The SMILES string of the molecule is COCC1CCN(c2sc(S(C)(=O)=O)cc2[N+](=O)[O-])CC1. The Hall–Kier alpha value is -1.19. The monoisotopic (exact) mass is 334 g/mol. The molecule has 0 bridgehead atoms. The molecule has 9 heteroatoms. The highest BCUT2D eigenvalue weighted by Gasteiger charge is 2.29. The first-order chi connectivity index (χ1) is 9.82. The Kier molecular flexibility index (Phi) is 4.84. The molecule has 1 fully saturated rings. The molecule has 0 aliphatic carbocycles. The first kappa shape index (κ1) is 16.2. The number of hydrogen-bond donors (Lipinski definition) is 0. The van der Waals surface area contributed by atoms with Gasteiger partial charge >= 0.3 is 5.69 Å². The van der Waals surface area contributed by atoms with E-state index in [1.165, 1.54) is 0 Å². The van der Waals surface area contributed by atoms with Crippen molar-refractivity contribution in [2.24, 2.45) is 5.92 Å². The van der Waals surface area contributed by atoms with E-state index in [0.29, 0.717) is 30.6 Å². The predicted molar refractivity (Wildman–Crippen MR) is 80.9 cm³/mol. The molecule has 0 atom stereocenters. The quantitative estimate of drug-likeness (QED) is 0.604. The van der Waals surface area contributed by atoms with Crippen LogP contribution in [0.4, 0.5) is 10.7 Å². The molecule has 0 N–H and O–H groups in total. The molecule has 0 aromatic carbocycles. The van der Waals surface area contributed by atoms with Crippen molar-refractivity contribution < 1.29 is 18.1 Å². The predicted octanol–water partition coefficient (Wildman–Crippen LogP) is 1.92. The third-order valence-electron chi connectivity index (χ3n) is 3.54. The molecule has 21 heavy (non-hydrogen) atoms. The van der Waals surface area contributed by atoms with Crippen LogP contribution in [0.25, 0.3) is 0 Å². The molecule has 1 aliphatic rings. The number of ether oxygens (including phenoxy) is 1. The van der Waals surface area contributed by atoms with Crippen molar-refractivity contribution in [1.82, 2.24) is 0 Å². The molecular formula is C12H18N2O5S2. The van der Waals surface area contributed by atoms with Crippen molar-refractivity contribution in [1.29, 1.82) is 0 Å². The minimum atomic E-state index is -3.43. The molecule has 0 unspecified atom stereocenters. The van der Waals surface area contributed by atoms with Gasteiger partial charge in [0.15, 0.2) is 14.8 Å². The van der Waals surface area contributed by atoms with Crippen LogP contribution in [0.1, 0.15) is 12.8 Å². The smallest absolute Gasteiger partial charge is 0.305 e. The molecule has 118 valence electrons. The fourth-order valence-corrected chi connectivity index (χ4v) is 4.51. The topological polar surface area (TPSA) is 89.8 Å². The van der Waals surface area contributed by atoms with Gasteiger partial charge in [-0.25, -0.2) is 8.42 Å². The van der Waals surface area contributed by atoms with Gasteiger partial charge in [0, 0.05) is 39.1 Å². The number of nitrogens with zero attached hydrogens (tertiary/aromatic N) is 2. The summed E-state index contributed by atoms with van der Waals surface area (Å²) in [4.78, 5) is 12.5. The van der Waals surface area contributed by atoms with E-state index < -0.39 is 14.8 Å². The zero-order chi connectivity index (χ0) is 15.6. The van der Waals surface area contributed by atoms with E-state index in [1.807, 2.05) is 4.90 Å². The highest BCUT2D eigenvalue weighted by atomic mass is 32.2. The summed E-state index contributed by atoms with van der Waals surface area (Å²) >= 11 is 0.981. The Morgan fingerprint density at radius 3 is 2.57 bits per heavy atom. The van der Waals surface area contributed by atoms with Crippen LogP contribution in [0.3, 0.4) is 0 Å². The molecule has 1 aromatic heterocycles. The molecule has 0 saturated carbocycles. The lowest BCUT2D eigenvalue weighted by molar-refractivity contribution is -0.383. The van der Waals surface area contributed by atoms with E-state index in [0.717, 1.165) is 36.5 Å². The molecule has 1 aliphatic heterocycles. The summed E-state index contributed by atoms with van der Waals surface area (Å²) in [5.74, 6) is 0.458. The number of anilines is 1. The van der Waals surface area contributed by atoms with E-state index >= 15 is 0 Å². The van der Waals surface area contributed by atoms with Crippen LogP contribution >= 0.6 is 11.3 Å². The molecule has 0 radical (unpaired) electrons. The molecule has 0 amide bonds. The molecule has 2 heterocycles. The summed E-state index contributed by atoms with van der Waals surface area (Å²) in [5, 5.41) is 11.6. The summed E-state index contributed by atoms with van der Waals surface area (Å²) < 4.78 is 28.4.